The highest BCUT2D eigenvalue weighted by atomic mass is 35.5. The van der Waals surface area contributed by atoms with Gasteiger partial charge in [0.2, 0.25) is 0 Å². The van der Waals surface area contributed by atoms with Crippen LogP contribution in [0.3, 0.4) is 0 Å². The Morgan fingerprint density at radius 2 is 1.93 bits per heavy atom. The predicted molar refractivity (Wildman–Crippen MR) is 141 cm³/mol. The molecule has 210 valence electrons. The first-order chi connectivity index (χ1) is 19.0. The summed E-state index contributed by atoms with van der Waals surface area (Å²) < 4.78 is 24.3. The highest BCUT2D eigenvalue weighted by Crippen LogP contribution is 2.42. The summed E-state index contributed by atoms with van der Waals surface area (Å²) >= 11 is 8.32. The van der Waals surface area contributed by atoms with Gasteiger partial charge in [0.1, 0.15) is 46.1 Å². The Kier molecular flexibility index (Phi) is 9.36. The van der Waals surface area contributed by atoms with Gasteiger partial charge in [0.05, 0.1) is 6.20 Å². The molecule has 1 aliphatic heterocycles. The zero-order chi connectivity index (χ0) is 29.0. The van der Waals surface area contributed by atoms with Gasteiger partial charge in [-0.05, 0) is 18.6 Å². The topological polar surface area (TPSA) is 168 Å². The molecule has 1 fully saturated rings. The van der Waals surface area contributed by atoms with Gasteiger partial charge < -0.3 is 18.9 Å². The van der Waals surface area contributed by atoms with Gasteiger partial charge in [0.25, 0.3) is 0 Å². The van der Waals surface area contributed by atoms with Crippen LogP contribution in [0.15, 0.2) is 28.7 Å². The lowest BCUT2D eigenvalue weighted by molar-refractivity contribution is -0.212. The summed E-state index contributed by atoms with van der Waals surface area (Å²) in [5.74, 6) is -1.87. The molecule has 13 nitrogen and oxygen atoms in total. The van der Waals surface area contributed by atoms with Gasteiger partial charge in [-0.3, -0.25) is 14.4 Å². The number of nitriles is 1. The van der Waals surface area contributed by atoms with Crippen LogP contribution in [-0.2, 0) is 33.3 Å². The first-order valence-corrected chi connectivity index (χ1v) is 13.9. The Bertz CT molecular complexity index is 1460. The minimum absolute atomic E-state index is 0.139. The molecule has 0 bridgehead atoms. The number of ether oxygens (including phenoxy) is 4. The van der Waals surface area contributed by atoms with E-state index in [2.05, 4.69) is 20.3 Å². The van der Waals surface area contributed by atoms with Crippen molar-refractivity contribution in [1.82, 2.24) is 25.0 Å². The minimum Gasteiger partial charge on any atom is -0.463 e. The van der Waals surface area contributed by atoms with Crippen molar-refractivity contribution in [1.29, 1.82) is 5.26 Å². The maximum atomic E-state index is 12.3. The monoisotopic (exact) mass is 606 g/mol. The number of aromatic nitrogens is 5. The number of esters is 3. The van der Waals surface area contributed by atoms with E-state index in [0.29, 0.717) is 15.6 Å². The van der Waals surface area contributed by atoms with E-state index in [1.54, 1.807) is 23.8 Å². The Balaban J connectivity index is 1.82. The lowest BCUT2D eigenvalue weighted by atomic mass is 9.96. The molecule has 0 aromatic carbocycles. The first kappa shape index (κ1) is 29.4. The average Bonchev–Trinajstić information content (AvgIpc) is 3.53. The van der Waals surface area contributed by atoms with Crippen molar-refractivity contribution in [2.45, 2.75) is 62.4 Å². The first-order valence-electron chi connectivity index (χ1n) is 11.8. The molecule has 0 spiro atoms. The lowest BCUT2D eigenvalue weighted by Crippen LogP contribution is -2.57. The third kappa shape index (κ3) is 6.94. The number of aryl methyl sites for hydroxylation is 1. The summed E-state index contributed by atoms with van der Waals surface area (Å²) in [6.07, 6.45) is -0.135. The van der Waals surface area contributed by atoms with Gasteiger partial charge in [0.15, 0.2) is 17.9 Å². The van der Waals surface area contributed by atoms with Crippen molar-refractivity contribution in [3.63, 3.8) is 0 Å². The van der Waals surface area contributed by atoms with E-state index in [1.807, 2.05) is 13.0 Å². The van der Waals surface area contributed by atoms with Crippen molar-refractivity contribution in [2.24, 2.45) is 0 Å². The van der Waals surface area contributed by atoms with E-state index in [9.17, 15) is 19.6 Å². The Hall–Kier alpha value is -3.58. The third-order valence-corrected chi connectivity index (χ3v) is 7.89. The maximum absolute atomic E-state index is 12.3. The molecule has 1 saturated heterocycles. The van der Waals surface area contributed by atoms with Crippen molar-refractivity contribution in [2.75, 3.05) is 6.61 Å². The third-order valence-electron chi connectivity index (χ3n) is 5.52. The molecular formula is C24H23ClN6O7S2. The van der Waals surface area contributed by atoms with Gasteiger partial charge >= 0.3 is 17.9 Å². The minimum atomic E-state index is -1.13. The molecule has 16 heteroatoms. The highest BCUT2D eigenvalue weighted by Gasteiger charge is 2.52. The normalized spacial score (nSPS) is 22.2. The predicted octanol–water partition coefficient (Wildman–Crippen LogP) is 3.11. The van der Waals surface area contributed by atoms with Gasteiger partial charge in [0, 0.05) is 37.2 Å². The number of halogens is 1. The molecule has 0 N–H and O–H groups in total. The molecule has 3 aromatic heterocycles. The van der Waals surface area contributed by atoms with E-state index >= 15 is 0 Å². The van der Waals surface area contributed by atoms with E-state index in [1.165, 1.54) is 36.8 Å². The Morgan fingerprint density at radius 1 is 1.20 bits per heavy atom. The van der Waals surface area contributed by atoms with E-state index in [-0.39, 0.29) is 17.5 Å². The fourth-order valence-corrected chi connectivity index (χ4v) is 6.17. The number of pyridine rings is 1. The van der Waals surface area contributed by atoms with Crippen LogP contribution in [0, 0.1) is 18.3 Å². The van der Waals surface area contributed by atoms with Crippen LogP contribution in [0.5, 0.6) is 0 Å². The molecule has 0 radical (unpaired) electrons. The van der Waals surface area contributed by atoms with Crippen LogP contribution in [0.2, 0.25) is 5.15 Å². The zero-order valence-corrected chi connectivity index (χ0v) is 24.0. The Morgan fingerprint density at radius 3 is 2.55 bits per heavy atom. The average molecular weight is 607 g/mol. The lowest BCUT2D eigenvalue weighted by Gasteiger charge is -2.44. The Labute approximate surface area is 241 Å². The number of carbonyl (C=O) groups is 3. The van der Waals surface area contributed by atoms with Gasteiger partial charge in [-0.2, -0.15) is 5.26 Å². The number of thiazole rings is 1. The molecule has 4 rings (SSSR count). The number of nitrogens with zero attached hydrogens (tertiary/aromatic N) is 6. The largest absolute Gasteiger partial charge is 0.463 e. The second-order valence-corrected chi connectivity index (χ2v) is 11.0. The molecule has 3 aromatic rings. The van der Waals surface area contributed by atoms with Gasteiger partial charge in [-0.1, -0.05) is 28.6 Å². The molecule has 40 heavy (non-hydrogen) atoms. The summed E-state index contributed by atoms with van der Waals surface area (Å²) in [5.41, 5.74) is 0.329. The number of hydrogen-bond donors (Lipinski definition) is 0. The maximum Gasteiger partial charge on any atom is 0.303 e. The fraction of sp³-hybridized carbons (Fsp3) is 0.417. The summed E-state index contributed by atoms with van der Waals surface area (Å²) in [5, 5.41) is 20.5. The van der Waals surface area contributed by atoms with Crippen LogP contribution < -0.4 is 0 Å². The molecule has 1 aliphatic rings. The van der Waals surface area contributed by atoms with Crippen molar-refractivity contribution < 1.29 is 33.3 Å². The highest BCUT2D eigenvalue weighted by molar-refractivity contribution is 7.99. The number of hydrogen-bond acceptors (Lipinski definition) is 14. The van der Waals surface area contributed by atoms with Crippen LogP contribution in [0.4, 0.5) is 0 Å². The molecule has 5 unspecified atom stereocenters. The summed E-state index contributed by atoms with van der Waals surface area (Å²) in [6, 6.07) is 2.80. The second kappa shape index (κ2) is 12.7. The zero-order valence-electron chi connectivity index (χ0n) is 21.6. The number of rotatable bonds is 8. The smallest absolute Gasteiger partial charge is 0.303 e. The van der Waals surface area contributed by atoms with Gasteiger partial charge in [-0.25, -0.2) is 14.6 Å². The SMILES string of the molecule is CC(=O)OCC1OC(Sc2cc(C)cnc2C#N)C(OC(C)=O)C(n2cc(-c3nc(Cl)cs3)nn2)C1OC(C)=O. The molecule has 5 atom stereocenters. The van der Waals surface area contributed by atoms with Crippen LogP contribution in [0.1, 0.15) is 38.1 Å². The molecule has 4 heterocycles. The van der Waals surface area contributed by atoms with Crippen LogP contribution in [0.25, 0.3) is 10.7 Å². The summed E-state index contributed by atoms with van der Waals surface area (Å²) in [7, 11) is 0. The number of carbonyl (C=O) groups excluding carboxylic acids is 3. The second-order valence-electron chi connectivity index (χ2n) is 8.63. The standard InChI is InChI=1S/C24H23ClN6O7S2/c1-11-5-18(15(6-26)27-7-11)40-24-22(37-14(4)34)20(21(36-13(3)33)17(38-24)9-35-12(2)32)31-8-16(29-30-31)23-28-19(25)10-39-23/h5,7-8,10,17,20-22,24H,9H2,1-4H3. The van der Waals surface area contributed by atoms with Crippen LogP contribution >= 0.6 is 34.7 Å². The summed E-state index contributed by atoms with van der Waals surface area (Å²) in [6.45, 7) is 5.20. The van der Waals surface area contributed by atoms with E-state index < -0.39 is 47.7 Å². The molecule has 0 amide bonds. The van der Waals surface area contributed by atoms with Crippen molar-refractivity contribution >= 4 is 52.6 Å². The fourth-order valence-electron chi connectivity index (χ4n) is 4.01. The molecule has 0 aliphatic carbocycles. The quantitative estimate of drug-likeness (QED) is 0.271. The van der Waals surface area contributed by atoms with E-state index in [0.717, 1.165) is 17.3 Å². The molecule has 0 saturated carbocycles. The van der Waals surface area contributed by atoms with Gasteiger partial charge in [-0.15, -0.1) is 16.4 Å². The molecular weight excluding hydrogens is 584 g/mol. The van der Waals surface area contributed by atoms with Crippen molar-refractivity contribution in [3.05, 3.63) is 40.3 Å². The van der Waals surface area contributed by atoms with E-state index in [4.69, 9.17) is 30.5 Å². The van der Waals surface area contributed by atoms with Crippen LogP contribution in [-0.4, -0.2) is 73.2 Å². The number of thioether (sulfide) groups is 1. The summed E-state index contributed by atoms with van der Waals surface area (Å²) in [4.78, 5) is 45.1. The van der Waals surface area contributed by atoms with Crippen molar-refractivity contribution in [3.8, 4) is 16.8 Å².